The van der Waals surface area contributed by atoms with Crippen LogP contribution in [0, 0.1) is 17.6 Å². The van der Waals surface area contributed by atoms with Crippen LogP contribution >= 0.6 is 0 Å². The van der Waals surface area contributed by atoms with Crippen LogP contribution in [0.2, 0.25) is 0 Å². The number of halogens is 2. The van der Waals surface area contributed by atoms with Gasteiger partial charge in [-0.05, 0) is 68.9 Å². The highest BCUT2D eigenvalue weighted by molar-refractivity contribution is 6.01. The van der Waals surface area contributed by atoms with Crippen molar-refractivity contribution in [2.45, 2.75) is 50.6 Å². The third-order valence-corrected chi connectivity index (χ3v) is 7.25. The van der Waals surface area contributed by atoms with Crippen molar-refractivity contribution in [3.05, 3.63) is 65.5 Å². The number of nitrogens with one attached hydrogen (secondary N) is 1. The van der Waals surface area contributed by atoms with Crippen LogP contribution in [0.4, 0.5) is 14.5 Å². The molecule has 3 heterocycles. The van der Waals surface area contributed by atoms with E-state index in [-0.39, 0.29) is 29.9 Å². The van der Waals surface area contributed by atoms with Gasteiger partial charge in [0, 0.05) is 30.0 Å². The molecule has 0 spiro atoms. The normalized spacial score (nSPS) is 22.4. The number of hydrogen-bond donors (Lipinski definition) is 1. The maximum absolute atomic E-state index is 14.5. The predicted molar refractivity (Wildman–Crippen MR) is 126 cm³/mol. The van der Waals surface area contributed by atoms with E-state index in [2.05, 4.69) is 15.3 Å². The molecule has 1 atom stereocenters. The lowest BCUT2D eigenvalue weighted by atomic mass is 9.86. The summed E-state index contributed by atoms with van der Waals surface area (Å²) in [6.07, 6.45) is 7.68. The molecule has 35 heavy (non-hydrogen) atoms. The molecule has 1 aliphatic carbocycles. The largest absolute Gasteiger partial charge is 0.469 e. The van der Waals surface area contributed by atoms with Crippen molar-refractivity contribution in [3.8, 4) is 0 Å². The number of fused-ring (bicyclic) bond motifs is 1. The van der Waals surface area contributed by atoms with Crippen LogP contribution in [0.5, 0.6) is 0 Å². The van der Waals surface area contributed by atoms with E-state index in [1.54, 1.807) is 16.9 Å². The van der Waals surface area contributed by atoms with Crippen LogP contribution in [-0.2, 0) is 9.53 Å². The average Bonchev–Trinajstić information content (AvgIpc) is 3.52. The number of carbonyl (C=O) groups is 2. The summed E-state index contributed by atoms with van der Waals surface area (Å²) in [4.78, 5) is 26.9. The summed E-state index contributed by atoms with van der Waals surface area (Å²) in [6, 6.07) is 7.03. The van der Waals surface area contributed by atoms with Gasteiger partial charge in [-0.2, -0.15) is 5.10 Å². The summed E-state index contributed by atoms with van der Waals surface area (Å²) < 4.78 is 34.8. The standard InChI is InChI=1S/C26H28F2N4O3/c1-35-26(34)16-4-7-18(8-5-16)30-25(33)21-15-29-32-12-10-19(14-24(21)32)31-11-2-3-23(31)20-13-17(27)6-9-22(20)28/h6,9-10,12-16,18,23H,2-5,7-8,11H2,1H3,(H,30,33)/t16?,18?,23-/m1/s1. The summed E-state index contributed by atoms with van der Waals surface area (Å²) in [5.41, 5.74) is 2.27. The van der Waals surface area contributed by atoms with E-state index >= 15 is 0 Å². The Hall–Kier alpha value is -3.49. The molecule has 2 aromatic heterocycles. The number of benzene rings is 1. The zero-order valence-electron chi connectivity index (χ0n) is 19.5. The second-order valence-corrected chi connectivity index (χ2v) is 9.34. The Morgan fingerprint density at radius 1 is 1.09 bits per heavy atom. The minimum atomic E-state index is -0.459. The van der Waals surface area contributed by atoms with Gasteiger partial charge in [0.05, 0.1) is 36.3 Å². The van der Waals surface area contributed by atoms with Crippen molar-refractivity contribution >= 4 is 23.1 Å². The summed E-state index contributed by atoms with van der Waals surface area (Å²) >= 11 is 0. The smallest absolute Gasteiger partial charge is 0.308 e. The molecule has 3 aromatic rings. The molecule has 2 aliphatic rings. The first-order chi connectivity index (χ1) is 16.9. The van der Waals surface area contributed by atoms with Crippen molar-refractivity contribution in [1.82, 2.24) is 14.9 Å². The van der Waals surface area contributed by atoms with Gasteiger partial charge in [-0.25, -0.2) is 13.3 Å². The number of aromatic nitrogens is 2. The van der Waals surface area contributed by atoms with E-state index < -0.39 is 11.6 Å². The molecule has 1 aliphatic heterocycles. The van der Waals surface area contributed by atoms with Crippen LogP contribution in [0.3, 0.4) is 0 Å². The van der Waals surface area contributed by atoms with Crippen LogP contribution in [0.25, 0.3) is 5.52 Å². The van der Waals surface area contributed by atoms with E-state index in [9.17, 15) is 18.4 Å². The van der Waals surface area contributed by atoms with Crippen molar-refractivity contribution in [3.63, 3.8) is 0 Å². The molecule has 2 fully saturated rings. The number of pyridine rings is 1. The number of esters is 1. The third-order valence-electron chi connectivity index (χ3n) is 7.25. The quantitative estimate of drug-likeness (QED) is 0.545. The Bertz CT molecular complexity index is 1250. The molecular weight excluding hydrogens is 454 g/mol. The van der Waals surface area contributed by atoms with Gasteiger partial charge in [-0.1, -0.05) is 0 Å². The molecule has 1 aromatic carbocycles. The number of anilines is 1. The number of amides is 1. The van der Waals surface area contributed by atoms with Crippen molar-refractivity contribution in [1.29, 1.82) is 0 Å². The van der Waals surface area contributed by atoms with Crippen LogP contribution < -0.4 is 10.2 Å². The van der Waals surface area contributed by atoms with E-state index in [0.29, 0.717) is 55.3 Å². The lowest BCUT2D eigenvalue weighted by Crippen LogP contribution is -2.38. The van der Waals surface area contributed by atoms with Crippen LogP contribution in [0.1, 0.15) is 60.5 Å². The molecule has 9 heteroatoms. The molecule has 1 saturated heterocycles. The Balaban J connectivity index is 1.35. The number of rotatable bonds is 5. The van der Waals surface area contributed by atoms with Gasteiger partial charge in [0.2, 0.25) is 0 Å². The molecule has 0 bridgehead atoms. The number of ether oxygens (including phenoxy) is 1. The van der Waals surface area contributed by atoms with Gasteiger partial charge in [-0.3, -0.25) is 9.59 Å². The third kappa shape index (κ3) is 4.59. The Kier molecular flexibility index (Phi) is 6.40. The summed E-state index contributed by atoms with van der Waals surface area (Å²) in [6.45, 7) is 0.704. The fourth-order valence-corrected chi connectivity index (χ4v) is 5.40. The number of hydrogen-bond acceptors (Lipinski definition) is 5. The molecule has 1 amide bonds. The zero-order valence-corrected chi connectivity index (χ0v) is 19.5. The molecule has 0 unspecified atom stereocenters. The molecule has 1 saturated carbocycles. The van der Waals surface area contributed by atoms with E-state index in [0.717, 1.165) is 18.2 Å². The SMILES string of the molecule is COC(=O)C1CCC(NC(=O)c2cnn3ccc(N4CCC[C@@H]4c4cc(F)ccc4F)cc23)CC1. The van der Waals surface area contributed by atoms with Crippen molar-refractivity contribution < 1.29 is 23.1 Å². The van der Waals surface area contributed by atoms with Crippen LogP contribution in [0.15, 0.2) is 42.7 Å². The maximum Gasteiger partial charge on any atom is 0.308 e. The zero-order chi connectivity index (χ0) is 24.5. The first-order valence-electron chi connectivity index (χ1n) is 12.0. The van der Waals surface area contributed by atoms with E-state index in [1.807, 2.05) is 12.1 Å². The number of methoxy groups -OCH3 is 1. The van der Waals surface area contributed by atoms with Crippen molar-refractivity contribution in [2.24, 2.45) is 5.92 Å². The van der Waals surface area contributed by atoms with E-state index in [1.165, 1.54) is 19.2 Å². The van der Waals surface area contributed by atoms with Crippen molar-refractivity contribution in [2.75, 3.05) is 18.6 Å². The first kappa shape index (κ1) is 23.3. The highest BCUT2D eigenvalue weighted by atomic mass is 19.1. The average molecular weight is 483 g/mol. The molecular formula is C26H28F2N4O3. The fraction of sp³-hybridized carbons (Fsp3) is 0.423. The molecule has 1 N–H and O–H groups in total. The Labute approximate surface area is 202 Å². The van der Waals surface area contributed by atoms with E-state index in [4.69, 9.17) is 4.74 Å². The fourth-order valence-electron chi connectivity index (χ4n) is 5.40. The minimum Gasteiger partial charge on any atom is -0.469 e. The second-order valence-electron chi connectivity index (χ2n) is 9.34. The Morgan fingerprint density at radius 3 is 2.66 bits per heavy atom. The lowest BCUT2D eigenvalue weighted by Gasteiger charge is -2.28. The first-order valence-corrected chi connectivity index (χ1v) is 12.0. The Morgan fingerprint density at radius 2 is 1.89 bits per heavy atom. The van der Waals surface area contributed by atoms with Gasteiger partial charge < -0.3 is 15.0 Å². The highest BCUT2D eigenvalue weighted by Crippen LogP contribution is 2.38. The van der Waals surface area contributed by atoms with Crippen LogP contribution in [-0.4, -0.2) is 41.2 Å². The van der Waals surface area contributed by atoms with Gasteiger partial charge in [0.25, 0.3) is 5.91 Å². The second kappa shape index (κ2) is 9.64. The summed E-state index contributed by atoms with van der Waals surface area (Å²) in [5.74, 6) is -1.39. The highest BCUT2D eigenvalue weighted by Gasteiger charge is 2.30. The minimum absolute atomic E-state index is 0.0135. The van der Waals surface area contributed by atoms with Gasteiger partial charge in [-0.15, -0.1) is 0 Å². The lowest BCUT2D eigenvalue weighted by molar-refractivity contribution is -0.146. The molecule has 7 nitrogen and oxygen atoms in total. The van der Waals surface area contributed by atoms with Gasteiger partial charge in [0.1, 0.15) is 11.6 Å². The van der Waals surface area contributed by atoms with Gasteiger partial charge >= 0.3 is 5.97 Å². The number of nitrogens with zero attached hydrogens (tertiary/aromatic N) is 3. The molecule has 0 radical (unpaired) electrons. The molecule has 5 rings (SSSR count). The monoisotopic (exact) mass is 482 g/mol. The molecule has 184 valence electrons. The summed E-state index contributed by atoms with van der Waals surface area (Å²) in [5, 5.41) is 7.40. The predicted octanol–water partition coefficient (Wildman–Crippen LogP) is 4.42. The van der Waals surface area contributed by atoms with Gasteiger partial charge in [0.15, 0.2) is 0 Å². The topological polar surface area (TPSA) is 75.9 Å². The number of carbonyl (C=O) groups excluding carboxylic acids is 2. The summed E-state index contributed by atoms with van der Waals surface area (Å²) in [7, 11) is 1.40. The maximum atomic E-state index is 14.5.